The first-order chi connectivity index (χ1) is 9.04. The molecule has 7 heteroatoms. The summed E-state index contributed by atoms with van der Waals surface area (Å²) < 4.78 is 0. The van der Waals surface area contributed by atoms with Crippen molar-refractivity contribution in [2.75, 3.05) is 18.6 Å². The first kappa shape index (κ1) is 14.8. The van der Waals surface area contributed by atoms with Crippen LogP contribution in [0.5, 0.6) is 0 Å². The first-order valence-corrected chi connectivity index (χ1v) is 8.81. The van der Waals surface area contributed by atoms with Gasteiger partial charge in [-0.1, -0.05) is 6.92 Å². The van der Waals surface area contributed by atoms with Gasteiger partial charge < -0.3 is 10.4 Å². The summed E-state index contributed by atoms with van der Waals surface area (Å²) in [6.07, 6.45) is 4.21. The van der Waals surface area contributed by atoms with E-state index in [4.69, 9.17) is 0 Å². The van der Waals surface area contributed by atoms with Crippen LogP contribution in [0.3, 0.4) is 0 Å². The Bertz CT molecular complexity index is 363. The Morgan fingerprint density at radius 2 is 2.21 bits per heavy atom. The number of hydrogen-bond acceptors (Lipinski definition) is 4. The lowest BCUT2D eigenvalue weighted by Crippen LogP contribution is -2.51. The molecule has 19 heavy (non-hydrogen) atoms. The number of urea groups is 1. The number of carbonyl (C=O) groups is 2. The molecule has 2 fully saturated rings. The molecule has 0 aromatic heterocycles. The fraction of sp³-hybridized carbons (Fsp3) is 0.833. The van der Waals surface area contributed by atoms with Gasteiger partial charge in [0.25, 0.3) is 0 Å². The Morgan fingerprint density at radius 3 is 2.74 bits per heavy atom. The summed E-state index contributed by atoms with van der Waals surface area (Å²) in [7, 11) is 0. The molecule has 3 atom stereocenters. The molecular weight excluding hydrogens is 284 g/mol. The van der Waals surface area contributed by atoms with E-state index in [0.29, 0.717) is 23.5 Å². The van der Waals surface area contributed by atoms with Crippen LogP contribution in [0.25, 0.3) is 0 Å². The molecular formula is C12H20N2O3S2. The highest BCUT2D eigenvalue weighted by Gasteiger charge is 2.48. The number of carboxylic acid groups (broad SMARTS) is 1. The normalized spacial score (nSPS) is 28.2. The highest BCUT2D eigenvalue weighted by molar-refractivity contribution is 8.00. The summed E-state index contributed by atoms with van der Waals surface area (Å²) in [6, 6.07) is -0.907. The second kappa shape index (κ2) is 6.26. The predicted molar refractivity (Wildman–Crippen MR) is 78.6 cm³/mol. The number of hydrogen-bond donors (Lipinski definition) is 2. The number of carboxylic acids is 1. The average molecular weight is 304 g/mol. The smallest absolute Gasteiger partial charge is 0.327 e. The molecule has 0 aromatic carbocycles. The summed E-state index contributed by atoms with van der Waals surface area (Å²) in [5.41, 5.74) is 0. The zero-order chi connectivity index (χ0) is 14.0. The summed E-state index contributed by atoms with van der Waals surface area (Å²) in [6.45, 7) is 2.61. The van der Waals surface area contributed by atoms with Crippen LogP contribution < -0.4 is 5.32 Å². The molecule has 1 heterocycles. The van der Waals surface area contributed by atoms with E-state index >= 15 is 0 Å². The van der Waals surface area contributed by atoms with Crippen LogP contribution in [0.4, 0.5) is 4.79 Å². The molecule has 0 spiro atoms. The van der Waals surface area contributed by atoms with Crippen LogP contribution in [0.15, 0.2) is 0 Å². The second-order valence-electron chi connectivity index (χ2n) is 5.06. The largest absolute Gasteiger partial charge is 0.480 e. The fourth-order valence-corrected chi connectivity index (χ4v) is 4.01. The first-order valence-electron chi connectivity index (χ1n) is 6.48. The highest BCUT2D eigenvalue weighted by Crippen LogP contribution is 2.45. The van der Waals surface area contributed by atoms with Gasteiger partial charge in [0.15, 0.2) is 0 Å². The number of thioether (sulfide) groups is 2. The van der Waals surface area contributed by atoms with Crippen molar-refractivity contribution in [1.29, 1.82) is 0 Å². The van der Waals surface area contributed by atoms with Crippen LogP contribution >= 0.6 is 23.5 Å². The van der Waals surface area contributed by atoms with E-state index in [1.807, 2.05) is 13.2 Å². The van der Waals surface area contributed by atoms with Gasteiger partial charge in [0.05, 0.1) is 5.37 Å². The Kier molecular flexibility index (Phi) is 4.89. The monoisotopic (exact) mass is 304 g/mol. The highest BCUT2D eigenvalue weighted by atomic mass is 32.2. The second-order valence-corrected chi connectivity index (χ2v) is 7.48. The fourth-order valence-electron chi connectivity index (χ4n) is 2.13. The van der Waals surface area contributed by atoms with E-state index in [2.05, 4.69) is 5.32 Å². The molecule has 2 N–H and O–H groups in total. The molecule has 1 aliphatic carbocycles. The topological polar surface area (TPSA) is 69.6 Å². The van der Waals surface area contributed by atoms with Gasteiger partial charge in [-0.2, -0.15) is 11.8 Å². The van der Waals surface area contributed by atoms with E-state index < -0.39 is 12.0 Å². The van der Waals surface area contributed by atoms with Gasteiger partial charge in [0.2, 0.25) is 0 Å². The van der Waals surface area contributed by atoms with E-state index in [1.54, 1.807) is 28.4 Å². The number of nitrogens with one attached hydrogen (secondary N) is 1. The van der Waals surface area contributed by atoms with Crippen LogP contribution in [0.1, 0.15) is 19.8 Å². The van der Waals surface area contributed by atoms with Crippen LogP contribution in [-0.4, -0.2) is 57.2 Å². The maximum atomic E-state index is 12.3. The van der Waals surface area contributed by atoms with Gasteiger partial charge in [-0.3, -0.25) is 4.90 Å². The van der Waals surface area contributed by atoms with E-state index in [0.717, 1.165) is 12.8 Å². The molecule has 1 saturated heterocycles. The minimum Gasteiger partial charge on any atom is -0.480 e. The van der Waals surface area contributed by atoms with Crippen LogP contribution in [0.2, 0.25) is 0 Å². The number of amides is 2. The van der Waals surface area contributed by atoms with E-state index in [1.165, 1.54) is 0 Å². The summed E-state index contributed by atoms with van der Waals surface area (Å²) >= 11 is 3.29. The Morgan fingerprint density at radius 1 is 1.53 bits per heavy atom. The van der Waals surface area contributed by atoms with Gasteiger partial charge in [0.1, 0.15) is 6.04 Å². The molecule has 5 nitrogen and oxygen atoms in total. The lowest BCUT2D eigenvalue weighted by molar-refractivity contribution is -0.141. The molecule has 108 valence electrons. The minimum absolute atomic E-state index is 0.0469. The molecule has 3 unspecified atom stereocenters. The van der Waals surface area contributed by atoms with Gasteiger partial charge in [-0.05, 0) is 25.0 Å². The zero-order valence-electron chi connectivity index (χ0n) is 11.2. The maximum absolute atomic E-state index is 12.3. The molecule has 0 radical (unpaired) electrons. The van der Waals surface area contributed by atoms with Crippen LogP contribution in [-0.2, 0) is 4.79 Å². The minimum atomic E-state index is -0.899. The Hall–Kier alpha value is -0.560. The third-order valence-electron chi connectivity index (χ3n) is 3.52. The van der Waals surface area contributed by atoms with Crippen molar-refractivity contribution in [2.24, 2.45) is 5.92 Å². The number of rotatable bonds is 5. The molecule has 2 amide bonds. The standard InChI is InChI=1S/C12H20N2O3S2/c1-7(18-2)5-13-12(17)14-9(11(15)16)6-19-10(14)8-3-4-8/h7-10H,3-6H2,1-2H3,(H,13,17)(H,15,16). The Balaban J connectivity index is 1.99. The third kappa shape index (κ3) is 3.51. The number of carbonyl (C=O) groups excluding carboxylic acids is 1. The maximum Gasteiger partial charge on any atom is 0.327 e. The van der Waals surface area contributed by atoms with Gasteiger partial charge in [0, 0.05) is 17.5 Å². The molecule has 0 aromatic rings. The lowest BCUT2D eigenvalue weighted by atomic mass is 10.2. The van der Waals surface area contributed by atoms with Gasteiger partial charge in [-0.25, -0.2) is 9.59 Å². The van der Waals surface area contributed by atoms with Gasteiger partial charge in [-0.15, -0.1) is 11.8 Å². The predicted octanol–water partition coefficient (Wildman–Crippen LogP) is 1.69. The van der Waals surface area contributed by atoms with Crippen molar-refractivity contribution in [1.82, 2.24) is 10.2 Å². The molecule has 1 saturated carbocycles. The van der Waals surface area contributed by atoms with E-state index in [-0.39, 0.29) is 11.4 Å². The molecule has 0 bridgehead atoms. The molecule has 2 aliphatic rings. The van der Waals surface area contributed by atoms with Crippen molar-refractivity contribution in [3.63, 3.8) is 0 Å². The lowest BCUT2D eigenvalue weighted by Gasteiger charge is -2.28. The average Bonchev–Trinajstić information content (AvgIpc) is 3.13. The number of nitrogens with zero attached hydrogens (tertiary/aromatic N) is 1. The van der Waals surface area contributed by atoms with Crippen molar-refractivity contribution >= 4 is 35.5 Å². The van der Waals surface area contributed by atoms with Crippen molar-refractivity contribution in [3.05, 3.63) is 0 Å². The zero-order valence-corrected chi connectivity index (χ0v) is 12.8. The third-order valence-corrected chi connectivity index (χ3v) is 5.96. The molecule has 1 aliphatic heterocycles. The van der Waals surface area contributed by atoms with Gasteiger partial charge >= 0.3 is 12.0 Å². The summed E-state index contributed by atoms with van der Waals surface area (Å²) in [4.78, 5) is 25.1. The quantitative estimate of drug-likeness (QED) is 0.809. The Labute approximate surface area is 121 Å². The summed E-state index contributed by atoms with van der Waals surface area (Å²) in [5.74, 6) is 0.0870. The van der Waals surface area contributed by atoms with Crippen molar-refractivity contribution < 1.29 is 14.7 Å². The van der Waals surface area contributed by atoms with Crippen LogP contribution in [0, 0.1) is 5.92 Å². The van der Waals surface area contributed by atoms with Crippen molar-refractivity contribution in [3.8, 4) is 0 Å². The van der Waals surface area contributed by atoms with E-state index in [9.17, 15) is 14.7 Å². The summed E-state index contributed by atoms with van der Waals surface area (Å²) in [5, 5.41) is 12.5. The van der Waals surface area contributed by atoms with Crippen molar-refractivity contribution in [2.45, 2.75) is 36.4 Å². The number of aliphatic carboxylic acids is 1. The SMILES string of the molecule is CSC(C)CNC(=O)N1C(C(=O)O)CSC1C1CC1. The molecule has 2 rings (SSSR count).